The number of hydrogen-bond donors (Lipinski definition) is 2. The van der Waals surface area contributed by atoms with Gasteiger partial charge in [0.15, 0.2) is 5.78 Å². The molecule has 1 saturated carbocycles. The molecule has 72 heavy (non-hydrogen) atoms. The first-order chi connectivity index (χ1) is 33.7. The lowest BCUT2D eigenvalue weighted by molar-refractivity contribution is -0.265. The van der Waals surface area contributed by atoms with E-state index in [4.69, 9.17) is 23.7 Å². The maximum atomic E-state index is 14.4. The third-order valence-corrected chi connectivity index (χ3v) is 16.1. The Kier molecular flexibility index (Phi) is 22.6. The summed E-state index contributed by atoms with van der Waals surface area (Å²) < 4.78 is 97.1. The molecule has 3 fully saturated rings. The summed E-state index contributed by atoms with van der Waals surface area (Å²) in [5.41, 5.74) is -4.52. The molecule has 4 rings (SSSR count). The quantitative estimate of drug-likeness (QED) is 0.0818. The van der Waals surface area contributed by atoms with Crippen molar-refractivity contribution in [3.8, 4) is 0 Å². The number of carbonyl (C=O) groups is 5. The van der Waals surface area contributed by atoms with Crippen molar-refractivity contribution >= 4 is 39.3 Å². The molecule has 4 aliphatic rings. The number of alkyl halides is 3. The average Bonchev–Trinajstić information content (AvgIpc) is 3.32. The maximum Gasteiger partial charge on any atom is 0.523 e. The number of nitrogens with zero attached hydrogens (tertiary/aromatic N) is 1. The molecular formula is C52H78F3NO15S. The van der Waals surface area contributed by atoms with E-state index >= 15 is 0 Å². The van der Waals surface area contributed by atoms with Crippen molar-refractivity contribution in [2.45, 2.75) is 186 Å². The summed E-state index contributed by atoms with van der Waals surface area (Å²) in [6.45, 7) is 12.1. The molecule has 16 nitrogen and oxygen atoms in total. The summed E-state index contributed by atoms with van der Waals surface area (Å²) in [7, 11) is -1.83. The number of piperidine rings is 1. The zero-order chi connectivity index (χ0) is 53.9. The van der Waals surface area contributed by atoms with E-state index in [1.807, 2.05) is 44.2 Å². The Morgan fingerprint density at radius 1 is 0.861 bits per heavy atom. The lowest BCUT2D eigenvalue weighted by Crippen LogP contribution is -2.61. The van der Waals surface area contributed by atoms with Crippen LogP contribution in [0.1, 0.15) is 126 Å². The number of Topliss-reactive ketones (excluding diaryl/α,β-unsaturated/α-hetero) is 3. The number of methoxy groups -OCH3 is 3. The van der Waals surface area contributed by atoms with Crippen LogP contribution in [0, 0.1) is 35.5 Å². The number of allylic oxidation sites excluding steroid dienone is 6. The molecule has 2 bridgehead atoms. The number of halogens is 3. The topological polar surface area (TPSA) is 219 Å². The molecule has 15 atom stereocenters. The molecule has 3 aliphatic heterocycles. The molecule has 3 heterocycles. The van der Waals surface area contributed by atoms with Gasteiger partial charge in [-0.05, 0) is 107 Å². The Morgan fingerprint density at radius 2 is 1.56 bits per heavy atom. The van der Waals surface area contributed by atoms with Crippen molar-refractivity contribution in [2.75, 3.05) is 27.9 Å². The molecule has 20 heteroatoms. The van der Waals surface area contributed by atoms with E-state index in [9.17, 15) is 55.8 Å². The van der Waals surface area contributed by atoms with E-state index in [0.717, 1.165) is 10.5 Å². The van der Waals surface area contributed by atoms with E-state index < -0.39 is 117 Å². The number of amides is 1. The minimum Gasteiger partial charge on any atom is -0.460 e. The number of carbonyl (C=O) groups excluding carboxylic acids is 5. The second-order valence-electron chi connectivity index (χ2n) is 20.6. The number of ether oxygens (including phenoxy) is 5. The Bertz CT molecular complexity index is 2130. The fourth-order valence-electron chi connectivity index (χ4n) is 10.4. The van der Waals surface area contributed by atoms with Crippen LogP contribution >= 0.6 is 0 Å². The molecule has 0 spiro atoms. The molecule has 0 radical (unpaired) electrons. The molecule has 4 unspecified atom stereocenters. The maximum absolute atomic E-state index is 14.4. The fraction of sp³-hybridized carbons (Fsp3) is 0.750. The monoisotopic (exact) mass is 1050 g/mol. The highest BCUT2D eigenvalue weighted by atomic mass is 32.2. The third kappa shape index (κ3) is 15.7. The Balaban J connectivity index is 1.70. The van der Waals surface area contributed by atoms with Crippen LogP contribution in [0.25, 0.3) is 0 Å². The van der Waals surface area contributed by atoms with Crippen LogP contribution in [0.15, 0.2) is 47.6 Å². The normalized spacial score (nSPS) is 38.1. The van der Waals surface area contributed by atoms with Crippen molar-refractivity contribution < 1.29 is 83.6 Å². The number of fused-ring (bicyclic) bond motifs is 3. The van der Waals surface area contributed by atoms with Gasteiger partial charge in [-0.1, -0.05) is 71.1 Å². The van der Waals surface area contributed by atoms with Crippen LogP contribution in [0.2, 0.25) is 0 Å². The van der Waals surface area contributed by atoms with Gasteiger partial charge in [0.2, 0.25) is 5.79 Å². The number of cyclic esters (lactones) is 1. The minimum absolute atomic E-state index is 0.0182. The molecule has 408 valence electrons. The number of aliphatic hydroxyl groups is 2. The largest absolute Gasteiger partial charge is 0.523 e. The first-order valence-electron chi connectivity index (χ1n) is 25.2. The Labute approximate surface area is 423 Å². The number of hydrogen-bond acceptors (Lipinski definition) is 15. The Hall–Kier alpha value is -3.63. The highest BCUT2D eigenvalue weighted by Gasteiger charge is 2.54. The summed E-state index contributed by atoms with van der Waals surface area (Å²) in [5, 5.41) is 23.4. The third-order valence-electron chi connectivity index (χ3n) is 15.0. The van der Waals surface area contributed by atoms with Gasteiger partial charge in [0.05, 0.1) is 18.3 Å². The number of esters is 1. The second-order valence-corrected chi connectivity index (χ2v) is 22.1. The van der Waals surface area contributed by atoms with Crippen molar-refractivity contribution in [1.29, 1.82) is 0 Å². The molecule has 2 saturated heterocycles. The summed E-state index contributed by atoms with van der Waals surface area (Å²) in [6, 6.07) is -1.28. The number of aliphatic hydroxyl groups excluding tert-OH is 1. The molecule has 1 amide bonds. The van der Waals surface area contributed by atoms with Gasteiger partial charge < -0.3 is 38.8 Å². The highest BCUT2D eigenvalue weighted by Crippen LogP contribution is 2.39. The van der Waals surface area contributed by atoms with Gasteiger partial charge >= 0.3 is 21.6 Å². The average molecular weight is 1050 g/mol. The van der Waals surface area contributed by atoms with E-state index in [-0.39, 0.29) is 74.7 Å². The van der Waals surface area contributed by atoms with Crippen LogP contribution in [0.4, 0.5) is 13.2 Å². The fourth-order valence-corrected chi connectivity index (χ4v) is 11.1. The van der Waals surface area contributed by atoms with Crippen LogP contribution in [0.5, 0.6) is 0 Å². The summed E-state index contributed by atoms with van der Waals surface area (Å²) in [4.78, 5) is 72.0. The van der Waals surface area contributed by atoms with Crippen LogP contribution in [-0.4, -0.2) is 141 Å². The Morgan fingerprint density at radius 3 is 2.19 bits per heavy atom. The van der Waals surface area contributed by atoms with Gasteiger partial charge in [0, 0.05) is 58.5 Å². The van der Waals surface area contributed by atoms with Gasteiger partial charge in [-0.2, -0.15) is 21.6 Å². The van der Waals surface area contributed by atoms with Crippen LogP contribution in [-0.2, 0) is 62.0 Å². The second kappa shape index (κ2) is 26.7. The first kappa shape index (κ1) is 60.9. The zero-order valence-corrected chi connectivity index (χ0v) is 44.2. The number of rotatable bonds is 8. The molecular weight excluding hydrogens is 968 g/mol. The van der Waals surface area contributed by atoms with E-state index in [0.29, 0.717) is 32.1 Å². The molecule has 1 aliphatic carbocycles. The zero-order valence-electron chi connectivity index (χ0n) is 43.4. The first-order valence-corrected chi connectivity index (χ1v) is 26.6. The predicted molar refractivity (Wildman–Crippen MR) is 259 cm³/mol. The van der Waals surface area contributed by atoms with Crippen LogP contribution in [0.3, 0.4) is 0 Å². The van der Waals surface area contributed by atoms with Crippen molar-refractivity contribution in [3.63, 3.8) is 0 Å². The molecule has 0 aromatic rings. The number of ketones is 3. The summed E-state index contributed by atoms with van der Waals surface area (Å²) in [6.07, 6.45) is 6.01. The van der Waals surface area contributed by atoms with Gasteiger partial charge in [0.1, 0.15) is 36.2 Å². The van der Waals surface area contributed by atoms with Gasteiger partial charge in [-0.15, -0.1) is 0 Å². The summed E-state index contributed by atoms with van der Waals surface area (Å²) in [5.74, 6) is -9.68. The van der Waals surface area contributed by atoms with Crippen molar-refractivity contribution in [2.24, 2.45) is 35.5 Å². The van der Waals surface area contributed by atoms with E-state index in [1.165, 1.54) is 27.4 Å². The van der Waals surface area contributed by atoms with Gasteiger partial charge in [0.25, 0.3) is 11.7 Å². The summed E-state index contributed by atoms with van der Waals surface area (Å²) >= 11 is 0. The van der Waals surface area contributed by atoms with Crippen LogP contribution < -0.4 is 0 Å². The van der Waals surface area contributed by atoms with Crippen molar-refractivity contribution in [3.05, 3.63) is 47.6 Å². The molecule has 2 N–H and O–H groups in total. The van der Waals surface area contributed by atoms with E-state index in [2.05, 4.69) is 4.18 Å². The molecule has 0 aromatic carbocycles. The van der Waals surface area contributed by atoms with E-state index in [1.54, 1.807) is 34.6 Å². The van der Waals surface area contributed by atoms with Gasteiger partial charge in [-0.25, -0.2) is 4.79 Å². The minimum atomic E-state index is -5.91. The standard InChI is InChI=1S/C52H78F3NO15S/c1-30-16-12-11-13-17-31(2)42(66-8)28-38-21-19-36(7)51(63,70-38)48(60)49(61)56-23-15-14-18-39(56)50(62)69-43(29-40(57)32(3)25-35(6)46(59)47(68-10)45(58)34(5)24-30)33(4)26-37-20-22-41(44(27-37)67-9)71-72(64,65)52(53,54)55/h11-13,16-17,25,30,32-34,36-39,41-44,46-47,59,63H,14-15,18-24,26-29H2,1-10H3/b13-11+,16-12+,31-17+,35-25+/t30-,32-,33+,34-,36-,37?,38+,39+,41?,42+,43+,44?,46?,47+,51-/m1/s1. The smallest absolute Gasteiger partial charge is 0.460 e. The SMILES string of the molecule is COC1CC(C[C@H](C)[C@@H]2CC(=O)[C@H](C)/C=C(\C)C(O)[C@@H](OC)C(=O)[C@H](C)C[C@H](C)/C=C/C=C/C=C(\C)[C@@H](OC)C[C@@H]3CC[C@@H](C)[C@@](O)(O3)C(=O)C(=O)N3CCCC[C@H]3C(=O)O2)CCC1OS(=O)(=O)C(F)(F)F. The molecule has 0 aromatic heterocycles. The van der Waals surface area contributed by atoms with Gasteiger partial charge in [-0.3, -0.25) is 23.4 Å². The predicted octanol–water partition coefficient (Wildman–Crippen LogP) is 7.05. The highest BCUT2D eigenvalue weighted by molar-refractivity contribution is 7.87. The van der Waals surface area contributed by atoms with Crippen molar-refractivity contribution in [1.82, 2.24) is 4.90 Å². The lowest BCUT2D eigenvalue weighted by atomic mass is 9.78. The lowest BCUT2D eigenvalue weighted by Gasteiger charge is -2.42.